The van der Waals surface area contributed by atoms with Crippen LogP contribution >= 0.6 is 0 Å². The highest BCUT2D eigenvalue weighted by Gasteiger charge is 2.38. The van der Waals surface area contributed by atoms with Gasteiger partial charge in [0.1, 0.15) is 60.4 Å². The van der Waals surface area contributed by atoms with Crippen molar-refractivity contribution in [3.8, 4) is 0 Å². The average Bonchev–Trinajstić information content (AvgIpc) is 1.61. The maximum Gasteiger partial charge on any atom is 0.243 e. The highest BCUT2D eigenvalue weighted by molar-refractivity contribution is 6.00. The number of aromatic nitrogens is 1. The van der Waals surface area contributed by atoms with Gasteiger partial charge in [-0.15, -0.1) is 0 Å². The van der Waals surface area contributed by atoms with Crippen LogP contribution < -0.4 is 111 Å². The minimum absolute atomic E-state index is 0.000650. The van der Waals surface area contributed by atoms with Gasteiger partial charge in [0, 0.05) is 56.1 Å². The Balaban J connectivity index is 2.08. The number of nitrogens with zero attached hydrogens (tertiary/aromatic N) is 4. The molecular formula is C68H113N25O11. The molecule has 36 nitrogen and oxygen atoms in total. The van der Waals surface area contributed by atoms with Crippen molar-refractivity contribution in [1.82, 2.24) is 58.2 Å². The van der Waals surface area contributed by atoms with Gasteiger partial charge in [-0.3, -0.25) is 72.7 Å². The molecule has 0 radical (unpaired) electrons. The van der Waals surface area contributed by atoms with Gasteiger partial charge in [0.05, 0.1) is 6.04 Å². The van der Waals surface area contributed by atoms with Gasteiger partial charge in [0.15, 0.2) is 23.8 Å². The summed E-state index contributed by atoms with van der Waals surface area (Å²) in [6, 6.07) is 1.72. The van der Waals surface area contributed by atoms with E-state index in [1.54, 1.807) is 84.1 Å². The molecule has 0 saturated carbocycles. The number of hydrogen-bond acceptors (Lipinski definition) is 16. The van der Waals surface area contributed by atoms with E-state index in [1.807, 2.05) is 18.2 Å². The van der Waals surface area contributed by atoms with Crippen molar-refractivity contribution in [2.75, 3.05) is 26.2 Å². The Hall–Kier alpha value is -10.8. The first-order chi connectivity index (χ1) is 49.1. The van der Waals surface area contributed by atoms with Crippen LogP contribution in [0.1, 0.15) is 137 Å². The lowest BCUT2D eigenvalue weighted by atomic mass is 9.95. The molecule has 0 aliphatic carbocycles. The molecule has 31 N–H and O–H groups in total. The number of hydrogen-bond donors (Lipinski definition) is 21. The smallest absolute Gasteiger partial charge is 0.243 e. The van der Waals surface area contributed by atoms with E-state index in [9.17, 15) is 43.2 Å². The van der Waals surface area contributed by atoms with E-state index in [-0.39, 0.29) is 127 Å². The van der Waals surface area contributed by atoms with Crippen molar-refractivity contribution in [3.05, 3.63) is 71.9 Å². The summed E-state index contributed by atoms with van der Waals surface area (Å²) in [6.45, 7) is 13.6. The number of nitrogens with one attached hydrogen (secondary N) is 11. The fraction of sp³-hybridized carbons (Fsp3) is 0.574. The van der Waals surface area contributed by atoms with Gasteiger partial charge in [-0.1, -0.05) is 103 Å². The third-order valence-electron chi connectivity index (χ3n) is 17.1. The molecule has 2 aromatic carbocycles. The van der Waals surface area contributed by atoms with Crippen molar-refractivity contribution in [2.45, 2.75) is 205 Å². The zero-order valence-electron chi connectivity index (χ0n) is 60.9. The number of guanidine groups is 4. The first-order valence-electron chi connectivity index (χ1n) is 35.0. The lowest BCUT2D eigenvalue weighted by Gasteiger charge is -2.30. The monoisotopic (exact) mass is 1460 g/mol. The van der Waals surface area contributed by atoms with Crippen molar-refractivity contribution in [3.63, 3.8) is 0 Å². The Kier molecular flexibility index (Phi) is 38.0. The highest BCUT2D eigenvalue weighted by Crippen LogP contribution is 2.21. The van der Waals surface area contributed by atoms with Crippen LogP contribution in [-0.2, 0) is 65.6 Å². The highest BCUT2D eigenvalue weighted by atomic mass is 16.2. The first-order valence-corrected chi connectivity index (χ1v) is 35.0. The number of benzene rings is 2. The molecule has 0 unspecified atom stereocenters. The van der Waals surface area contributed by atoms with Crippen LogP contribution in [0, 0.1) is 17.8 Å². The molecule has 0 aliphatic heterocycles. The maximum absolute atomic E-state index is 15.2. The topological polar surface area (TPSA) is 633 Å². The summed E-state index contributed by atoms with van der Waals surface area (Å²) in [6.07, 6.45) is 2.58. The molecule has 36 heteroatoms. The Morgan fingerprint density at radius 1 is 0.394 bits per heavy atom. The molecule has 1 heterocycles. The van der Waals surface area contributed by atoms with E-state index in [0.29, 0.717) is 34.9 Å². The largest absolute Gasteiger partial charge is 0.370 e. The molecule has 104 heavy (non-hydrogen) atoms. The third kappa shape index (κ3) is 31.6. The summed E-state index contributed by atoms with van der Waals surface area (Å²) in [7, 11) is 0. The fourth-order valence-corrected chi connectivity index (χ4v) is 10.8. The van der Waals surface area contributed by atoms with E-state index in [0.717, 1.165) is 0 Å². The number of carbonyl (C=O) groups is 11. The minimum atomic E-state index is -1.47. The van der Waals surface area contributed by atoms with Crippen LogP contribution in [0.15, 0.2) is 80.8 Å². The Morgan fingerprint density at radius 2 is 0.750 bits per heavy atom. The zero-order valence-corrected chi connectivity index (χ0v) is 60.9. The number of aromatic amines is 1. The molecule has 3 aromatic rings. The molecule has 0 bridgehead atoms. The predicted molar refractivity (Wildman–Crippen MR) is 398 cm³/mol. The average molecular weight is 1460 g/mol. The lowest BCUT2D eigenvalue weighted by molar-refractivity contribution is -0.137. The summed E-state index contributed by atoms with van der Waals surface area (Å²) < 4.78 is 0. The van der Waals surface area contributed by atoms with Gasteiger partial charge in [-0.05, 0) is 107 Å². The second-order valence-corrected chi connectivity index (χ2v) is 26.3. The van der Waals surface area contributed by atoms with Crippen molar-refractivity contribution >= 4 is 99.7 Å². The molecule has 13 atom stereocenters. The molecule has 0 spiro atoms. The van der Waals surface area contributed by atoms with Gasteiger partial charge in [-0.25, -0.2) is 0 Å². The standard InChI is InChI=1S/C68H113N25O11/c1-9-37(5)52(92-59(99)48(27-19-31-82-68(77)78)87-57(97)46(25-17-29-80-66(73)74)86-56(96)40(8)84-55(95)39(7)69)63(103)90-49(32-36(3)4)60(100)88-47(26-18-30-81-67(75)76)58(98)89-51(34-42-35-83-44-23-15-14-22-43(42)44)62(102)93-53(38(6)10-2)64(104)91-50(33-41-20-12-11-13-21-41)61(101)85-45(54(70)94)24-16-28-79-65(71)72/h11-15,20-23,35-40,45-53,83H,9-10,16-19,24-34,69H2,1-8H3,(H2,70,94)(H,84,95)(H,85,101)(H,86,96)(H,87,97)(H,88,100)(H,89,98)(H,90,103)(H,91,104)(H,92,99)(H,93,102)(H4,71,72,79)(H4,73,74,80)(H4,75,76,81)(H4,77,78,82)/t37-,38-,39-,40-,45-,46-,47-,48-,49-,50-,51-,52-,53-/m0/s1. The zero-order chi connectivity index (χ0) is 77.8. The first kappa shape index (κ1) is 87.4. The number of nitrogens with two attached hydrogens (primary N) is 10. The van der Waals surface area contributed by atoms with Gasteiger partial charge in [0.25, 0.3) is 0 Å². The van der Waals surface area contributed by atoms with E-state index in [2.05, 4.69) is 78.1 Å². The second-order valence-electron chi connectivity index (χ2n) is 26.3. The molecule has 576 valence electrons. The number of rotatable bonds is 47. The summed E-state index contributed by atoms with van der Waals surface area (Å²) in [4.78, 5) is 176. The van der Waals surface area contributed by atoms with Gasteiger partial charge in [0.2, 0.25) is 65.0 Å². The van der Waals surface area contributed by atoms with Crippen LogP contribution in [-0.4, -0.2) is 186 Å². The number of para-hydroxylation sites is 1. The maximum atomic E-state index is 15.2. The molecular weight excluding hydrogens is 1340 g/mol. The van der Waals surface area contributed by atoms with E-state index in [4.69, 9.17) is 57.3 Å². The molecule has 0 saturated heterocycles. The Morgan fingerprint density at radius 3 is 1.18 bits per heavy atom. The van der Waals surface area contributed by atoms with Crippen LogP contribution in [0.3, 0.4) is 0 Å². The minimum Gasteiger partial charge on any atom is -0.370 e. The molecule has 1 aromatic heterocycles. The molecule has 3 rings (SSSR count). The SMILES string of the molecule is CC[C@H](C)[C@H](NC(=O)[C@H](Cc1c[nH]c2ccccc12)NC(=O)[C@H](CCCN=C(N)N)NC(=O)[C@H](CC(C)C)NC(=O)[C@@H](NC(=O)[C@H](CCCN=C(N)N)NC(=O)[C@H](CCCN=C(N)N)NC(=O)[C@H](C)NC(=O)[C@H](C)N)[C@@H](C)CC)C(=O)N[C@@H](Cc1ccccc1)C(=O)N[C@@H](CCCN=C(N)N)C(N)=O. The normalized spacial score (nSPS) is 14.8. The van der Waals surface area contributed by atoms with Crippen LogP contribution in [0.25, 0.3) is 10.9 Å². The van der Waals surface area contributed by atoms with Gasteiger partial charge in [-0.2, -0.15) is 0 Å². The van der Waals surface area contributed by atoms with Crippen molar-refractivity contribution in [1.29, 1.82) is 0 Å². The van der Waals surface area contributed by atoms with E-state index >= 15 is 9.59 Å². The third-order valence-corrected chi connectivity index (χ3v) is 17.1. The number of primary amides is 1. The Labute approximate surface area is 606 Å². The lowest BCUT2D eigenvalue weighted by Crippen LogP contribution is -2.62. The van der Waals surface area contributed by atoms with Gasteiger partial charge >= 0.3 is 0 Å². The van der Waals surface area contributed by atoms with E-state index < -0.39 is 143 Å². The predicted octanol–water partition coefficient (Wildman–Crippen LogP) is -3.99. The van der Waals surface area contributed by atoms with Crippen molar-refractivity contribution in [2.24, 2.45) is 95.1 Å². The Bertz CT molecular complexity index is 3440. The van der Waals surface area contributed by atoms with Crippen molar-refractivity contribution < 1.29 is 52.7 Å². The number of aliphatic imine (C=N–C) groups is 4. The molecule has 11 amide bonds. The van der Waals surface area contributed by atoms with E-state index in [1.165, 1.54) is 13.8 Å². The fourth-order valence-electron chi connectivity index (χ4n) is 10.8. The summed E-state index contributed by atoms with van der Waals surface area (Å²) >= 11 is 0. The quantitative estimate of drug-likeness (QED) is 0.0146. The van der Waals surface area contributed by atoms with Gasteiger partial charge < -0.3 is 115 Å². The summed E-state index contributed by atoms with van der Waals surface area (Å²) in [5.41, 5.74) is 57.9. The van der Waals surface area contributed by atoms with Crippen LogP contribution in [0.2, 0.25) is 0 Å². The number of fused-ring (bicyclic) bond motifs is 1. The summed E-state index contributed by atoms with van der Waals surface area (Å²) in [5.74, 6) is -11.1. The number of amides is 11. The number of carbonyl (C=O) groups excluding carboxylic acids is 11. The summed E-state index contributed by atoms with van der Waals surface area (Å²) in [5, 5.41) is 28.0. The van der Waals surface area contributed by atoms with Crippen LogP contribution in [0.5, 0.6) is 0 Å². The number of H-pyrrole nitrogens is 1. The molecule has 0 fully saturated rings. The second kappa shape index (κ2) is 45.2. The molecule has 0 aliphatic rings. The van der Waals surface area contributed by atoms with Crippen LogP contribution in [0.4, 0.5) is 0 Å².